The molecule has 0 radical (unpaired) electrons. The van der Waals surface area contributed by atoms with Gasteiger partial charge in [0.2, 0.25) is 0 Å². The lowest BCUT2D eigenvalue weighted by Crippen LogP contribution is -2.26. The van der Waals surface area contributed by atoms with Gasteiger partial charge in [0.15, 0.2) is 5.13 Å². The zero-order chi connectivity index (χ0) is 25.5. The zero-order valence-electron chi connectivity index (χ0n) is 19.5. The number of hydrogen-bond acceptors (Lipinski definition) is 6. The minimum atomic E-state index is -0.954. The maximum Gasteiger partial charge on any atom is 0.305 e. The van der Waals surface area contributed by atoms with Gasteiger partial charge in [-0.1, -0.05) is 35.9 Å². The summed E-state index contributed by atoms with van der Waals surface area (Å²) in [6.45, 7) is 0.607. The second kappa shape index (κ2) is 11.7. The van der Waals surface area contributed by atoms with Crippen LogP contribution >= 0.6 is 22.9 Å². The van der Waals surface area contributed by atoms with Crippen LogP contribution in [-0.2, 0) is 11.3 Å². The summed E-state index contributed by atoms with van der Waals surface area (Å²) in [4.78, 5) is 29.9. The highest BCUT2D eigenvalue weighted by Gasteiger charge is 2.16. The first kappa shape index (κ1) is 25.2. The van der Waals surface area contributed by atoms with Gasteiger partial charge in [0.05, 0.1) is 25.8 Å². The molecule has 0 saturated carbocycles. The number of carboxylic acids is 1. The molecule has 184 valence electrons. The van der Waals surface area contributed by atoms with E-state index in [1.165, 1.54) is 11.3 Å². The Morgan fingerprint density at radius 3 is 2.50 bits per heavy atom. The average Bonchev–Trinajstić information content (AvgIpc) is 3.37. The molecule has 0 fully saturated rings. The van der Waals surface area contributed by atoms with E-state index in [-0.39, 0.29) is 18.9 Å². The fourth-order valence-corrected chi connectivity index (χ4v) is 4.57. The molecule has 7 nitrogen and oxygen atoms in total. The molecule has 0 aliphatic carbocycles. The molecule has 36 heavy (non-hydrogen) atoms. The number of ether oxygens (including phenoxy) is 1. The Balaban J connectivity index is 1.57. The minimum Gasteiger partial charge on any atom is -0.497 e. The maximum absolute atomic E-state index is 12.3. The van der Waals surface area contributed by atoms with Crippen LogP contribution in [0.1, 0.15) is 22.3 Å². The third-order valence-electron chi connectivity index (χ3n) is 5.41. The molecular weight excluding hydrogens is 498 g/mol. The van der Waals surface area contributed by atoms with E-state index >= 15 is 0 Å². The first-order valence-electron chi connectivity index (χ1n) is 11.1. The van der Waals surface area contributed by atoms with Crippen molar-refractivity contribution in [2.45, 2.75) is 13.0 Å². The number of benzene rings is 3. The number of nitrogens with zero attached hydrogens (tertiary/aromatic N) is 2. The summed E-state index contributed by atoms with van der Waals surface area (Å²) in [5, 5.41) is 14.8. The molecule has 0 atom stereocenters. The first-order chi connectivity index (χ1) is 17.4. The number of carboxylic acid groups (broad SMARTS) is 1. The van der Waals surface area contributed by atoms with E-state index in [0.29, 0.717) is 17.1 Å². The van der Waals surface area contributed by atoms with Crippen molar-refractivity contribution in [3.05, 3.63) is 94.3 Å². The van der Waals surface area contributed by atoms with Crippen LogP contribution in [0, 0.1) is 0 Å². The van der Waals surface area contributed by atoms with Crippen LogP contribution in [0.5, 0.6) is 5.75 Å². The fraction of sp³-hybridized carbons (Fsp3) is 0.148. The van der Waals surface area contributed by atoms with Gasteiger partial charge in [-0.05, 0) is 54.1 Å². The second-order valence-electron chi connectivity index (χ2n) is 7.91. The van der Waals surface area contributed by atoms with Crippen molar-refractivity contribution < 1.29 is 19.4 Å². The van der Waals surface area contributed by atoms with Crippen LogP contribution in [0.15, 0.2) is 78.2 Å². The number of anilines is 2. The zero-order valence-corrected chi connectivity index (χ0v) is 21.1. The molecule has 4 rings (SSSR count). The molecule has 4 aromatic rings. The highest BCUT2D eigenvalue weighted by atomic mass is 35.5. The summed E-state index contributed by atoms with van der Waals surface area (Å²) in [5.74, 6) is -0.499. The number of aromatic nitrogens is 1. The quantitative estimate of drug-likeness (QED) is 0.265. The van der Waals surface area contributed by atoms with E-state index in [0.717, 1.165) is 33.4 Å². The summed E-state index contributed by atoms with van der Waals surface area (Å²) < 4.78 is 5.31. The molecule has 1 amide bonds. The number of amides is 1. The number of carbonyl (C=O) groups excluding carboxylic acids is 1. The van der Waals surface area contributed by atoms with Crippen LogP contribution in [-0.4, -0.2) is 35.6 Å². The molecule has 3 aromatic carbocycles. The highest BCUT2D eigenvalue weighted by molar-refractivity contribution is 7.14. The van der Waals surface area contributed by atoms with Crippen LogP contribution < -0.4 is 15.0 Å². The molecule has 9 heteroatoms. The molecule has 0 aliphatic rings. The normalized spacial score (nSPS) is 10.6. The number of aliphatic carboxylic acids is 1. The van der Waals surface area contributed by atoms with Gasteiger partial charge in [0.25, 0.3) is 5.91 Å². The van der Waals surface area contributed by atoms with Crippen LogP contribution in [0.25, 0.3) is 11.3 Å². The Morgan fingerprint density at radius 2 is 1.83 bits per heavy atom. The van der Waals surface area contributed by atoms with Gasteiger partial charge < -0.3 is 20.1 Å². The summed E-state index contributed by atoms with van der Waals surface area (Å²) in [6, 6.07) is 22.6. The van der Waals surface area contributed by atoms with Crippen LogP contribution in [0.3, 0.4) is 0 Å². The Hall–Kier alpha value is -3.88. The van der Waals surface area contributed by atoms with Crippen molar-refractivity contribution in [2.75, 3.05) is 18.6 Å². The highest BCUT2D eigenvalue weighted by Crippen LogP contribution is 2.34. The Kier molecular flexibility index (Phi) is 8.20. The predicted molar refractivity (Wildman–Crippen MR) is 142 cm³/mol. The largest absolute Gasteiger partial charge is 0.497 e. The molecule has 0 aliphatic heterocycles. The summed E-state index contributed by atoms with van der Waals surface area (Å²) in [5.41, 5.74) is 4.17. The lowest BCUT2D eigenvalue weighted by Gasteiger charge is -2.22. The average molecular weight is 522 g/mol. The van der Waals surface area contributed by atoms with Gasteiger partial charge in [-0.3, -0.25) is 9.59 Å². The second-order valence-corrected chi connectivity index (χ2v) is 9.18. The topological polar surface area (TPSA) is 91.8 Å². The van der Waals surface area contributed by atoms with E-state index < -0.39 is 5.97 Å². The van der Waals surface area contributed by atoms with E-state index in [1.54, 1.807) is 19.2 Å². The smallest absolute Gasteiger partial charge is 0.305 e. The van der Waals surface area contributed by atoms with Crippen molar-refractivity contribution in [3.8, 4) is 17.0 Å². The first-order valence-corrected chi connectivity index (χ1v) is 12.4. The number of nitrogens with one attached hydrogen (secondary N) is 1. The Labute approximate surface area is 217 Å². The Morgan fingerprint density at radius 1 is 1.08 bits per heavy atom. The SMILES string of the molecule is COc1ccc(N(Cc2ccc(C(=O)NCCC(=O)O)cc2)c2nc(-c3cccc(Cl)c3)cs2)cc1. The van der Waals surface area contributed by atoms with Gasteiger partial charge in [-0.2, -0.15) is 0 Å². The van der Waals surface area contributed by atoms with E-state index in [1.807, 2.05) is 66.0 Å². The van der Waals surface area contributed by atoms with Gasteiger partial charge >= 0.3 is 5.97 Å². The third kappa shape index (κ3) is 6.41. The summed E-state index contributed by atoms with van der Waals surface area (Å²) in [7, 11) is 1.63. The van der Waals surface area contributed by atoms with E-state index in [9.17, 15) is 9.59 Å². The molecule has 0 bridgehead atoms. The molecule has 0 unspecified atom stereocenters. The molecule has 0 spiro atoms. The fourth-order valence-electron chi connectivity index (χ4n) is 3.53. The molecule has 0 saturated heterocycles. The van der Waals surface area contributed by atoms with Crippen molar-refractivity contribution in [1.82, 2.24) is 10.3 Å². The predicted octanol–water partition coefficient (Wildman–Crippen LogP) is 6.01. The van der Waals surface area contributed by atoms with Crippen LogP contribution in [0.2, 0.25) is 5.02 Å². The monoisotopic (exact) mass is 521 g/mol. The van der Waals surface area contributed by atoms with E-state index in [2.05, 4.69) is 10.2 Å². The third-order valence-corrected chi connectivity index (χ3v) is 6.51. The van der Waals surface area contributed by atoms with Crippen molar-refractivity contribution in [3.63, 3.8) is 0 Å². The lowest BCUT2D eigenvalue weighted by molar-refractivity contribution is -0.136. The number of thiazole rings is 1. The molecule has 2 N–H and O–H groups in total. The number of halogens is 1. The number of hydrogen-bond donors (Lipinski definition) is 2. The van der Waals surface area contributed by atoms with Crippen molar-refractivity contribution in [2.24, 2.45) is 0 Å². The number of carbonyl (C=O) groups is 2. The standard InChI is InChI=1S/C27H24ClN3O4S/c1-35-23-11-9-22(10-12-23)31(27-30-24(17-36-27)20-3-2-4-21(28)15-20)16-18-5-7-19(8-6-18)26(34)29-14-13-25(32)33/h2-12,15,17H,13-14,16H2,1H3,(H,29,34)(H,32,33). The Bertz CT molecular complexity index is 1340. The summed E-state index contributed by atoms with van der Waals surface area (Å²) in [6.07, 6.45) is -0.119. The molecule has 1 aromatic heterocycles. The van der Waals surface area contributed by atoms with Crippen molar-refractivity contribution >= 4 is 45.6 Å². The van der Waals surface area contributed by atoms with Gasteiger partial charge in [0, 0.05) is 33.8 Å². The molecule has 1 heterocycles. The number of methoxy groups -OCH3 is 1. The minimum absolute atomic E-state index is 0.0835. The van der Waals surface area contributed by atoms with Gasteiger partial charge in [-0.25, -0.2) is 4.98 Å². The summed E-state index contributed by atoms with van der Waals surface area (Å²) >= 11 is 7.70. The molecular formula is C27H24ClN3O4S. The van der Waals surface area contributed by atoms with E-state index in [4.69, 9.17) is 26.4 Å². The number of rotatable bonds is 10. The lowest BCUT2D eigenvalue weighted by atomic mass is 10.1. The van der Waals surface area contributed by atoms with Crippen molar-refractivity contribution in [1.29, 1.82) is 0 Å². The van der Waals surface area contributed by atoms with Gasteiger partial charge in [0.1, 0.15) is 5.75 Å². The van der Waals surface area contributed by atoms with Crippen LogP contribution in [0.4, 0.5) is 10.8 Å². The van der Waals surface area contributed by atoms with Gasteiger partial charge in [-0.15, -0.1) is 11.3 Å². The maximum atomic E-state index is 12.3.